The Morgan fingerprint density at radius 2 is 2.17 bits per heavy atom. The summed E-state index contributed by atoms with van der Waals surface area (Å²) in [6.07, 6.45) is 0.515. The highest BCUT2D eigenvalue weighted by molar-refractivity contribution is 5.83. The molecule has 0 saturated carbocycles. The molecule has 2 rings (SSSR count). The predicted octanol–water partition coefficient (Wildman–Crippen LogP) is 0.806. The normalized spacial score (nSPS) is 16.2. The molecule has 0 unspecified atom stereocenters. The predicted molar refractivity (Wildman–Crippen MR) is 81.8 cm³/mol. The number of rotatable bonds is 7. The Labute approximate surface area is 134 Å². The van der Waals surface area contributed by atoms with Gasteiger partial charge in [0.25, 0.3) is 0 Å². The first-order valence-corrected chi connectivity index (χ1v) is 7.34. The van der Waals surface area contributed by atoms with Gasteiger partial charge < -0.3 is 24.2 Å². The maximum atomic E-state index is 12.6. The fraction of sp³-hybridized carbons (Fsp3) is 0.500. The van der Waals surface area contributed by atoms with Crippen LogP contribution >= 0.6 is 0 Å². The van der Waals surface area contributed by atoms with Gasteiger partial charge in [0.2, 0.25) is 5.91 Å². The number of ether oxygens (including phenoxy) is 3. The summed E-state index contributed by atoms with van der Waals surface area (Å²) in [6.45, 7) is 0.421. The summed E-state index contributed by atoms with van der Waals surface area (Å²) in [5, 5.41) is 8.97. The summed E-state index contributed by atoms with van der Waals surface area (Å²) in [5.74, 6) is -0.273. The van der Waals surface area contributed by atoms with Crippen molar-refractivity contribution in [2.45, 2.75) is 6.42 Å². The van der Waals surface area contributed by atoms with Gasteiger partial charge in [-0.05, 0) is 18.1 Å². The number of nitrogens with zero attached hydrogens (tertiary/aromatic N) is 1. The summed E-state index contributed by atoms with van der Waals surface area (Å²) < 4.78 is 15.7. The first-order chi connectivity index (χ1) is 11.0. The number of hydrogen-bond donors (Lipinski definition) is 1. The minimum absolute atomic E-state index is 0.224. The van der Waals surface area contributed by atoms with Gasteiger partial charge in [-0.25, -0.2) is 0 Å². The summed E-state index contributed by atoms with van der Waals surface area (Å²) >= 11 is 0. The van der Waals surface area contributed by atoms with Crippen molar-refractivity contribution in [1.82, 2.24) is 4.90 Å². The summed E-state index contributed by atoms with van der Waals surface area (Å²) in [6, 6.07) is 5.47. The highest BCUT2D eigenvalue weighted by Crippen LogP contribution is 2.31. The Balaban J connectivity index is 2.08. The lowest BCUT2D eigenvalue weighted by molar-refractivity contribution is -0.147. The third-order valence-electron chi connectivity index (χ3n) is 3.73. The topological polar surface area (TPSA) is 85.3 Å². The number of aliphatic carboxylic acids is 1. The van der Waals surface area contributed by atoms with Crippen molar-refractivity contribution in [2.75, 3.05) is 40.5 Å². The number of fused-ring (bicyclic) bond motifs is 1. The fourth-order valence-electron chi connectivity index (χ4n) is 2.53. The first-order valence-electron chi connectivity index (χ1n) is 7.34. The molecule has 0 bridgehead atoms. The summed E-state index contributed by atoms with van der Waals surface area (Å²) in [7, 11) is 3.09. The zero-order valence-corrected chi connectivity index (χ0v) is 13.3. The molecule has 1 aromatic carbocycles. The number of carboxylic acid groups (broad SMARTS) is 1. The molecular formula is C16H21NO6. The van der Waals surface area contributed by atoms with E-state index < -0.39 is 11.9 Å². The quantitative estimate of drug-likeness (QED) is 0.799. The molecule has 1 N–H and O–H groups in total. The monoisotopic (exact) mass is 323 g/mol. The molecule has 1 aliphatic heterocycles. The molecule has 1 aliphatic rings. The van der Waals surface area contributed by atoms with Crippen molar-refractivity contribution in [3.8, 4) is 11.5 Å². The van der Waals surface area contributed by atoms with Crippen LogP contribution in [0.15, 0.2) is 18.2 Å². The number of benzene rings is 1. The van der Waals surface area contributed by atoms with E-state index in [2.05, 4.69) is 0 Å². The highest BCUT2D eigenvalue weighted by Gasteiger charge is 2.30. The minimum atomic E-state index is -1.05. The largest absolute Gasteiger partial charge is 0.497 e. The number of hydrogen-bond acceptors (Lipinski definition) is 5. The fourth-order valence-corrected chi connectivity index (χ4v) is 2.53. The molecule has 126 valence electrons. The third-order valence-corrected chi connectivity index (χ3v) is 3.73. The van der Waals surface area contributed by atoms with E-state index in [1.54, 1.807) is 13.2 Å². The van der Waals surface area contributed by atoms with E-state index in [0.29, 0.717) is 24.5 Å². The maximum absolute atomic E-state index is 12.6. The lowest BCUT2D eigenvalue weighted by Gasteiger charge is -2.29. The van der Waals surface area contributed by atoms with E-state index in [1.165, 1.54) is 12.0 Å². The van der Waals surface area contributed by atoms with Crippen LogP contribution in [0.1, 0.15) is 5.56 Å². The van der Waals surface area contributed by atoms with Gasteiger partial charge in [-0.2, -0.15) is 0 Å². The Morgan fingerprint density at radius 1 is 1.39 bits per heavy atom. The van der Waals surface area contributed by atoms with Gasteiger partial charge in [0, 0.05) is 19.7 Å². The molecule has 0 spiro atoms. The van der Waals surface area contributed by atoms with Gasteiger partial charge in [0.05, 0.1) is 19.6 Å². The van der Waals surface area contributed by atoms with Crippen molar-refractivity contribution in [3.63, 3.8) is 0 Å². The number of carbonyl (C=O) groups excluding carboxylic acids is 1. The Bertz CT molecular complexity index is 574. The molecular weight excluding hydrogens is 302 g/mol. The Kier molecular flexibility index (Phi) is 5.81. The van der Waals surface area contributed by atoms with Gasteiger partial charge in [-0.1, -0.05) is 6.07 Å². The van der Waals surface area contributed by atoms with E-state index in [1.807, 2.05) is 12.1 Å². The van der Waals surface area contributed by atoms with E-state index >= 15 is 0 Å². The van der Waals surface area contributed by atoms with E-state index in [9.17, 15) is 9.59 Å². The van der Waals surface area contributed by atoms with Crippen LogP contribution in [0, 0.1) is 5.92 Å². The van der Waals surface area contributed by atoms with Crippen LogP contribution in [0.5, 0.6) is 11.5 Å². The van der Waals surface area contributed by atoms with Gasteiger partial charge >= 0.3 is 5.97 Å². The van der Waals surface area contributed by atoms with E-state index in [4.69, 9.17) is 19.3 Å². The molecule has 1 heterocycles. The van der Waals surface area contributed by atoms with Crippen LogP contribution in [0.3, 0.4) is 0 Å². The Morgan fingerprint density at radius 3 is 2.83 bits per heavy atom. The lowest BCUT2D eigenvalue weighted by atomic mass is 9.95. The number of methoxy groups -OCH3 is 2. The molecule has 0 fully saturated rings. The molecule has 1 aromatic rings. The van der Waals surface area contributed by atoms with Crippen LogP contribution in [0.4, 0.5) is 0 Å². The molecule has 23 heavy (non-hydrogen) atoms. The maximum Gasteiger partial charge on any atom is 0.323 e. The number of amides is 1. The van der Waals surface area contributed by atoms with Crippen molar-refractivity contribution < 1.29 is 28.9 Å². The molecule has 1 atom stereocenters. The minimum Gasteiger partial charge on any atom is -0.497 e. The molecule has 7 heteroatoms. The second kappa shape index (κ2) is 7.82. The average Bonchev–Trinajstić information content (AvgIpc) is 2.56. The van der Waals surface area contributed by atoms with Crippen molar-refractivity contribution in [1.29, 1.82) is 0 Å². The molecule has 7 nitrogen and oxygen atoms in total. The third kappa shape index (κ3) is 4.35. The van der Waals surface area contributed by atoms with Crippen LogP contribution < -0.4 is 9.47 Å². The van der Waals surface area contributed by atoms with Gasteiger partial charge in [0.1, 0.15) is 24.7 Å². The summed E-state index contributed by atoms with van der Waals surface area (Å²) in [4.78, 5) is 24.8. The van der Waals surface area contributed by atoms with Crippen molar-refractivity contribution in [3.05, 3.63) is 23.8 Å². The van der Waals surface area contributed by atoms with Gasteiger partial charge in [0.15, 0.2) is 0 Å². The smallest absolute Gasteiger partial charge is 0.323 e. The number of carbonyl (C=O) groups is 2. The standard InChI is InChI=1S/C16H21NO6/c1-21-6-5-17(9-15(18)19)16(20)12-7-11-3-4-13(22-2)8-14(11)23-10-12/h3-4,8,12H,5-7,9-10H2,1-2H3,(H,18,19)/t12-/m1/s1. The zero-order valence-electron chi connectivity index (χ0n) is 13.3. The second-order valence-corrected chi connectivity index (χ2v) is 5.33. The first kappa shape index (κ1) is 17.1. The molecule has 0 radical (unpaired) electrons. The number of carboxylic acids is 1. The molecule has 0 aliphatic carbocycles. The zero-order chi connectivity index (χ0) is 16.8. The molecule has 1 amide bonds. The van der Waals surface area contributed by atoms with Crippen molar-refractivity contribution >= 4 is 11.9 Å². The average molecular weight is 323 g/mol. The van der Waals surface area contributed by atoms with Gasteiger partial charge in [-0.3, -0.25) is 9.59 Å². The van der Waals surface area contributed by atoms with Crippen LogP contribution in [-0.4, -0.2) is 62.4 Å². The SMILES string of the molecule is COCCN(CC(=O)O)C(=O)[C@H]1COc2cc(OC)ccc2C1. The Hall–Kier alpha value is -2.28. The van der Waals surface area contributed by atoms with E-state index in [0.717, 1.165) is 5.56 Å². The van der Waals surface area contributed by atoms with Crippen molar-refractivity contribution in [2.24, 2.45) is 5.92 Å². The molecule has 0 saturated heterocycles. The van der Waals surface area contributed by atoms with Crippen LogP contribution in [0.2, 0.25) is 0 Å². The summed E-state index contributed by atoms with van der Waals surface area (Å²) in [5.41, 5.74) is 0.914. The van der Waals surface area contributed by atoms with Crippen LogP contribution in [-0.2, 0) is 20.7 Å². The highest BCUT2D eigenvalue weighted by atomic mass is 16.5. The van der Waals surface area contributed by atoms with Crippen LogP contribution in [0.25, 0.3) is 0 Å². The lowest BCUT2D eigenvalue weighted by Crippen LogP contribution is -2.44. The second-order valence-electron chi connectivity index (χ2n) is 5.33. The van der Waals surface area contributed by atoms with Gasteiger partial charge in [-0.15, -0.1) is 0 Å². The molecule has 0 aromatic heterocycles. The van der Waals surface area contributed by atoms with E-state index in [-0.39, 0.29) is 25.6 Å².